The quantitative estimate of drug-likeness (QED) is 0.843. The molecule has 2 N–H and O–H groups in total. The topological polar surface area (TPSA) is 66.4 Å². The first-order chi connectivity index (χ1) is 9.34. The molecule has 6 heteroatoms. The van der Waals surface area contributed by atoms with Crippen LogP contribution in [0.1, 0.15) is 33.1 Å². The first-order valence-electron chi connectivity index (χ1n) is 6.33. The van der Waals surface area contributed by atoms with E-state index >= 15 is 0 Å². The van der Waals surface area contributed by atoms with Crippen molar-refractivity contribution >= 4 is 17.6 Å². The second kappa shape index (κ2) is 6.45. The van der Waals surface area contributed by atoms with Gasteiger partial charge in [0.15, 0.2) is 11.6 Å². The van der Waals surface area contributed by atoms with E-state index in [2.05, 4.69) is 5.32 Å². The molecule has 0 aliphatic rings. The highest BCUT2D eigenvalue weighted by molar-refractivity contribution is 5.94. The number of halogens is 2. The Kier molecular flexibility index (Phi) is 5.19. The summed E-state index contributed by atoms with van der Waals surface area (Å²) in [5.74, 6) is -3.66. The zero-order valence-electron chi connectivity index (χ0n) is 11.4. The molecule has 0 spiro atoms. The van der Waals surface area contributed by atoms with Gasteiger partial charge in [-0.1, -0.05) is 13.8 Å². The van der Waals surface area contributed by atoms with Crippen LogP contribution in [0.2, 0.25) is 0 Å². The monoisotopic (exact) mass is 285 g/mol. The Morgan fingerprint density at radius 3 is 2.25 bits per heavy atom. The molecular weight excluding hydrogens is 268 g/mol. The number of carbonyl (C=O) groups is 2. The molecule has 0 aliphatic carbocycles. The molecule has 1 rings (SSSR count). The number of anilines is 1. The predicted molar refractivity (Wildman–Crippen MR) is 70.3 cm³/mol. The molecule has 0 heterocycles. The lowest BCUT2D eigenvalue weighted by Gasteiger charge is -2.25. The Balaban J connectivity index is 2.80. The summed E-state index contributed by atoms with van der Waals surface area (Å²) in [6.45, 7) is 3.39. The Bertz CT molecular complexity index is 513. The summed E-state index contributed by atoms with van der Waals surface area (Å²) in [4.78, 5) is 23.1. The van der Waals surface area contributed by atoms with Crippen LogP contribution in [0.25, 0.3) is 0 Å². The van der Waals surface area contributed by atoms with Crippen LogP contribution in [-0.4, -0.2) is 17.0 Å². The number of benzene rings is 1. The van der Waals surface area contributed by atoms with Crippen molar-refractivity contribution in [3.8, 4) is 0 Å². The standard InChI is InChI=1S/C14H17F2NO3/c1-3-14(4-2,13(19)20)8-12(18)17-9-5-6-10(15)11(16)7-9/h5-7H,3-4,8H2,1-2H3,(H,17,18)(H,19,20). The van der Waals surface area contributed by atoms with E-state index in [4.69, 9.17) is 0 Å². The van der Waals surface area contributed by atoms with Crippen LogP contribution in [0, 0.1) is 17.0 Å². The van der Waals surface area contributed by atoms with E-state index in [0.717, 1.165) is 12.1 Å². The number of hydrogen-bond donors (Lipinski definition) is 2. The lowest BCUT2D eigenvalue weighted by atomic mass is 9.79. The molecule has 1 amide bonds. The zero-order chi connectivity index (χ0) is 15.3. The van der Waals surface area contributed by atoms with E-state index in [9.17, 15) is 23.5 Å². The van der Waals surface area contributed by atoms with Crippen molar-refractivity contribution in [3.05, 3.63) is 29.8 Å². The van der Waals surface area contributed by atoms with Crippen LogP contribution >= 0.6 is 0 Å². The number of nitrogens with one attached hydrogen (secondary N) is 1. The van der Waals surface area contributed by atoms with Gasteiger partial charge in [0.05, 0.1) is 5.41 Å². The second-order valence-electron chi connectivity index (χ2n) is 4.65. The summed E-state index contributed by atoms with van der Waals surface area (Å²) in [5.41, 5.74) is -1.04. The van der Waals surface area contributed by atoms with Gasteiger partial charge in [0.25, 0.3) is 0 Å². The maximum absolute atomic E-state index is 13.0. The summed E-state index contributed by atoms with van der Waals surface area (Å²) < 4.78 is 25.8. The first kappa shape index (κ1) is 16.1. The summed E-state index contributed by atoms with van der Waals surface area (Å²) >= 11 is 0. The minimum Gasteiger partial charge on any atom is -0.481 e. The average molecular weight is 285 g/mol. The van der Waals surface area contributed by atoms with E-state index in [1.165, 1.54) is 6.07 Å². The highest BCUT2D eigenvalue weighted by atomic mass is 19.2. The average Bonchev–Trinajstić information content (AvgIpc) is 2.40. The van der Waals surface area contributed by atoms with Crippen molar-refractivity contribution in [1.29, 1.82) is 0 Å². The van der Waals surface area contributed by atoms with Crippen LogP contribution in [0.5, 0.6) is 0 Å². The summed E-state index contributed by atoms with van der Waals surface area (Å²) in [5, 5.41) is 11.6. The largest absolute Gasteiger partial charge is 0.481 e. The van der Waals surface area contributed by atoms with Crippen molar-refractivity contribution in [2.45, 2.75) is 33.1 Å². The van der Waals surface area contributed by atoms with Gasteiger partial charge in [-0.3, -0.25) is 9.59 Å². The fraction of sp³-hybridized carbons (Fsp3) is 0.429. The molecular formula is C14H17F2NO3. The Morgan fingerprint density at radius 1 is 1.20 bits per heavy atom. The number of carboxylic acid groups (broad SMARTS) is 1. The van der Waals surface area contributed by atoms with E-state index in [1.54, 1.807) is 13.8 Å². The normalized spacial score (nSPS) is 11.2. The molecule has 0 bridgehead atoms. The summed E-state index contributed by atoms with van der Waals surface area (Å²) in [7, 11) is 0. The van der Waals surface area contributed by atoms with Crippen molar-refractivity contribution in [3.63, 3.8) is 0 Å². The fourth-order valence-electron chi connectivity index (χ4n) is 1.96. The fourth-order valence-corrected chi connectivity index (χ4v) is 1.96. The van der Waals surface area contributed by atoms with Crippen LogP contribution in [-0.2, 0) is 9.59 Å². The van der Waals surface area contributed by atoms with E-state index < -0.39 is 28.9 Å². The molecule has 1 aromatic carbocycles. The lowest BCUT2D eigenvalue weighted by Crippen LogP contribution is -2.34. The Labute approximate surface area is 115 Å². The highest BCUT2D eigenvalue weighted by Crippen LogP contribution is 2.31. The molecule has 0 aromatic heterocycles. The Morgan fingerprint density at radius 2 is 1.80 bits per heavy atom. The Hall–Kier alpha value is -1.98. The van der Waals surface area contributed by atoms with Crippen LogP contribution in [0.15, 0.2) is 18.2 Å². The van der Waals surface area contributed by atoms with Crippen molar-refractivity contribution < 1.29 is 23.5 Å². The number of carbonyl (C=O) groups excluding carboxylic acids is 1. The minimum atomic E-state index is -1.14. The summed E-state index contributed by atoms with van der Waals surface area (Å²) in [6, 6.07) is 2.97. The minimum absolute atomic E-state index is 0.0976. The number of amides is 1. The highest BCUT2D eigenvalue weighted by Gasteiger charge is 2.37. The molecule has 110 valence electrons. The number of rotatable bonds is 6. The van der Waals surface area contributed by atoms with Gasteiger partial charge in [-0.25, -0.2) is 8.78 Å². The van der Waals surface area contributed by atoms with Crippen molar-refractivity contribution in [1.82, 2.24) is 0 Å². The molecule has 4 nitrogen and oxygen atoms in total. The molecule has 0 atom stereocenters. The van der Waals surface area contributed by atoms with Gasteiger partial charge in [-0.15, -0.1) is 0 Å². The van der Waals surface area contributed by atoms with Crippen LogP contribution in [0.4, 0.5) is 14.5 Å². The van der Waals surface area contributed by atoms with Gasteiger partial charge >= 0.3 is 5.97 Å². The molecule has 0 saturated heterocycles. The third-order valence-electron chi connectivity index (χ3n) is 3.51. The lowest BCUT2D eigenvalue weighted by molar-refractivity contribution is -0.151. The van der Waals surface area contributed by atoms with Crippen molar-refractivity contribution in [2.75, 3.05) is 5.32 Å². The van der Waals surface area contributed by atoms with E-state index in [0.29, 0.717) is 12.8 Å². The van der Waals surface area contributed by atoms with Gasteiger partial charge in [0.1, 0.15) is 0 Å². The number of carboxylic acids is 1. The molecule has 0 radical (unpaired) electrons. The second-order valence-corrected chi connectivity index (χ2v) is 4.65. The molecule has 0 fully saturated rings. The molecule has 0 saturated carbocycles. The maximum Gasteiger partial charge on any atom is 0.310 e. The molecule has 1 aromatic rings. The van der Waals surface area contributed by atoms with Crippen molar-refractivity contribution in [2.24, 2.45) is 5.41 Å². The SMILES string of the molecule is CCC(CC)(CC(=O)Nc1ccc(F)c(F)c1)C(=O)O. The number of aliphatic carboxylic acids is 1. The summed E-state index contributed by atoms with van der Waals surface area (Å²) in [6.07, 6.45) is 0.405. The van der Waals surface area contributed by atoms with Gasteiger partial charge in [-0.2, -0.15) is 0 Å². The maximum atomic E-state index is 13.0. The van der Waals surface area contributed by atoms with Gasteiger partial charge in [0, 0.05) is 18.2 Å². The molecule has 20 heavy (non-hydrogen) atoms. The molecule has 0 aliphatic heterocycles. The smallest absolute Gasteiger partial charge is 0.310 e. The third kappa shape index (κ3) is 3.53. The third-order valence-corrected chi connectivity index (χ3v) is 3.51. The molecule has 0 unspecified atom stereocenters. The van der Waals surface area contributed by atoms with E-state index in [1.807, 2.05) is 0 Å². The van der Waals surface area contributed by atoms with Gasteiger partial charge < -0.3 is 10.4 Å². The van der Waals surface area contributed by atoms with Gasteiger partial charge in [-0.05, 0) is 25.0 Å². The predicted octanol–water partition coefficient (Wildman–Crippen LogP) is 3.18. The zero-order valence-corrected chi connectivity index (χ0v) is 11.4. The van der Waals surface area contributed by atoms with Crippen LogP contribution in [0.3, 0.4) is 0 Å². The number of hydrogen-bond acceptors (Lipinski definition) is 2. The van der Waals surface area contributed by atoms with Crippen LogP contribution < -0.4 is 5.32 Å². The van der Waals surface area contributed by atoms with Gasteiger partial charge in [0.2, 0.25) is 5.91 Å². The first-order valence-corrected chi connectivity index (χ1v) is 6.33. The van der Waals surface area contributed by atoms with E-state index in [-0.39, 0.29) is 12.1 Å².